The summed E-state index contributed by atoms with van der Waals surface area (Å²) in [5, 5.41) is 0. The van der Waals surface area contributed by atoms with Crippen molar-refractivity contribution in [3.63, 3.8) is 0 Å². The van der Waals surface area contributed by atoms with Crippen molar-refractivity contribution in [3.05, 3.63) is 60.8 Å². The Balaban J connectivity index is 4.16. The van der Waals surface area contributed by atoms with Gasteiger partial charge < -0.3 is 14.2 Å². The average Bonchev–Trinajstić information content (AvgIpc) is 3.44. The SMILES string of the molecule is CC/C=C\C/C=C\C/C=C\C/C=C\CCC(=O)OCC(COC(=O)CCCCCCCCCCCCCCCCCCCCC/C=C\CCCCCCCCCC)OC(=O)CCCCCCCCCCCCCCCCCC. The Hall–Kier alpha value is -2.89. The van der Waals surface area contributed by atoms with Gasteiger partial charge in [0.15, 0.2) is 6.10 Å². The highest BCUT2D eigenvalue weighted by molar-refractivity contribution is 5.71. The average molecular weight is 1090 g/mol. The summed E-state index contributed by atoms with van der Waals surface area (Å²) in [6.45, 7) is 6.51. The van der Waals surface area contributed by atoms with E-state index in [0.717, 1.165) is 64.2 Å². The minimum Gasteiger partial charge on any atom is -0.462 e. The molecule has 0 spiro atoms. The fourth-order valence-corrected chi connectivity index (χ4v) is 10.2. The van der Waals surface area contributed by atoms with Crippen LogP contribution in [-0.2, 0) is 28.6 Å². The van der Waals surface area contributed by atoms with E-state index in [-0.39, 0.29) is 37.5 Å². The van der Waals surface area contributed by atoms with Crippen LogP contribution in [0.5, 0.6) is 0 Å². The smallest absolute Gasteiger partial charge is 0.306 e. The minimum atomic E-state index is -0.800. The molecular formula is C72H130O6. The van der Waals surface area contributed by atoms with Crippen molar-refractivity contribution in [2.24, 2.45) is 0 Å². The zero-order chi connectivity index (χ0) is 56.4. The summed E-state index contributed by atoms with van der Waals surface area (Å²) in [6, 6.07) is 0. The summed E-state index contributed by atoms with van der Waals surface area (Å²) in [5.41, 5.74) is 0. The molecule has 0 N–H and O–H groups in total. The Labute approximate surface area is 485 Å². The molecule has 0 aliphatic carbocycles. The molecule has 1 atom stereocenters. The minimum absolute atomic E-state index is 0.0915. The molecule has 6 nitrogen and oxygen atoms in total. The van der Waals surface area contributed by atoms with Crippen LogP contribution in [0.4, 0.5) is 0 Å². The number of hydrogen-bond donors (Lipinski definition) is 0. The second kappa shape index (κ2) is 66.6. The molecule has 0 aromatic rings. The van der Waals surface area contributed by atoms with Gasteiger partial charge in [-0.1, -0.05) is 332 Å². The van der Waals surface area contributed by atoms with E-state index in [0.29, 0.717) is 19.3 Å². The van der Waals surface area contributed by atoms with Gasteiger partial charge in [0.05, 0.1) is 0 Å². The number of carbonyl (C=O) groups excluding carboxylic acids is 3. The van der Waals surface area contributed by atoms with Crippen LogP contribution < -0.4 is 0 Å². The maximum atomic E-state index is 12.9. The van der Waals surface area contributed by atoms with Crippen LogP contribution >= 0.6 is 0 Å². The Morgan fingerprint density at radius 2 is 0.526 bits per heavy atom. The summed E-state index contributed by atoms with van der Waals surface area (Å²) in [6.07, 6.45) is 85.7. The van der Waals surface area contributed by atoms with Gasteiger partial charge in [0.2, 0.25) is 0 Å². The van der Waals surface area contributed by atoms with Gasteiger partial charge in [0, 0.05) is 19.3 Å². The number of esters is 3. The molecule has 0 saturated carbocycles. The Kier molecular flexibility index (Phi) is 64.2. The van der Waals surface area contributed by atoms with Crippen molar-refractivity contribution in [1.29, 1.82) is 0 Å². The highest BCUT2D eigenvalue weighted by atomic mass is 16.6. The lowest BCUT2D eigenvalue weighted by atomic mass is 10.0. The van der Waals surface area contributed by atoms with Crippen LogP contribution in [0.3, 0.4) is 0 Å². The monoisotopic (exact) mass is 1090 g/mol. The van der Waals surface area contributed by atoms with Crippen LogP contribution in [0.2, 0.25) is 0 Å². The van der Waals surface area contributed by atoms with Gasteiger partial charge >= 0.3 is 17.9 Å². The molecule has 0 aromatic carbocycles. The summed E-state index contributed by atoms with van der Waals surface area (Å²) in [7, 11) is 0. The van der Waals surface area contributed by atoms with E-state index in [1.165, 1.54) is 250 Å². The third kappa shape index (κ3) is 63.9. The Bertz CT molecular complexity index is 1390. The first-order valence-electron chi connectivity index (χ1n) is 34.3. The lowest BCUT2D eigenvalue weighted by Gasteiger charge is -2.18. The first kappa shape index (κ1) is 75.1. The van der Waals surface area contributed by atoms with E-state index >= 15 is 0 Å². The lowest BCUT2D eigenvalue weighted by molar-refractivity contribution is -0.166. The normalized spacial score (nSPS) is 12.4. The van der Waals surface area contributed by atoms with Crippen molar-refractivity contribution in [3.8, 4) is 0 Å². The van der Waals surface area contributed by atoms with Gasteiger partial charge in [-0.25, -0.2) is 0 Å². The van der Waals surface area contributed by atoms with E-state index in [9.17, 15) is 14.4 Å². The molecule has 0 aliphatic heterocycles. The number of unbranched alkanes of at least 4 members (excludes halogenated alkanes) is 42. The second-order valence-electron chi connectivity index (χ2n) is 23.1. The number of allylic oxidation sites excluding steroid dienone is 10. The van der Waals surface area contributed by atoms with Gasteiger partial charge in [-0.05, 0) is 70.6 Å². The number of ether oxygens (including phenoxy) is 3. The molecular weight excluding hydrogens is 961 g/mol. The Morgan fingerprint density at radius 3 is 0.859 bits per heavy atom. The largest absolute Gasteiger partial charge is 0.462 e. The van der Waals surface area contributed by atoms with Gasteiger partial charge in [-0.3, -0.25) is 14.4 Å². The Morgan fingerprint density at radius 1 is 0.269 bits per heavy atom. The molecule has 78 heavy (non-hydrogen) atoms. The predicted molar refractivity (Wildman–Crippen MR) is 339 cm³/mol. The zero-order valence-corrected chi connectivity index (χ0v) is 52.2. The van der Waals surface area contributed by atoms with Gasteiger partial charge in [0.25, 0.3) is 0 Å². The summed E-state index contributed by atoms with van der Waals surface area (Å²) in [5.74, 6) is -0.956. The molecule has 0 bridgehead atoms. The van der Waals surface area contributed by atoms with Crippen molar-refractivity contribution >= 4 is 17.9 Å². The zero-order valence-electron chi connectivity index (χ0n) is 52.2. The van der Waals surface area contributed by atoms with E-state index in [1.807, 2.05) is 6.08 Å². The maximum Gasteiger partial charge on any atom is 0.306 e. The number of carbonyl (C=O) groups is 3. The standard InChI is InChI=1S/C72H130O6/c1-4-7-10-13-16-19-22-25-27-29-30-31-32-33-34-35-36-37-38-39-40-41-42-43-45-47-50-53-56-59-62-65-71(74)77-68-69(67-76-70(73)64-61-58-55-52-49-46-24-21-18-15-12-9-6-3)78-72(75)66-63-60-57-54-51-48-44-28-26-23-20-17-14-11-8-5-2/h9,12,18,21,29-30,46,49,55,58,69H,4-8,10-11,13-17,19-20,22-28,31-45,47-48,50-54,56-57,59-68H2,1-3H3/b12-9-,21-18-,30-29-,49-46-,58-55-. The third-order valence-electron chi connectivity index (χ3n) is 15.3. The van der Waals surface area contributed by atoms with Gasteiger partial charge in [-0.2, -0.15) is 0 Å². The van der Waals surface area contributed by atoms with E-state index in [4.69, 9.17) is 14.2 Å². The van der Waals surface area contributed by atoms with Gasteiger partial charge in [0.1, 0.15) is 13.2 Å². The molecule has 0 fully saturated rings. The van der Waals surface area contributed by atoms with Crippen molar-refractivity contribution in [2.75, 3.05) is 13.2 Å². The molecule has 1 unspecified atom stereocenters. The first-order valence-corrected chi connectivity index (χ1v) is 34.3. The highest BCUT2D eigenvalue weighted by Crippen LogP contribution is 2.18. The summed E-state index contributed by atoms with van der Waals surface area (Å²) >= 11 is 0. The highest BCUT2D eigenvalue weighted by Gasteiger charge is 2.19. The fourth-order valence-electron chi connectivity index (χ4n) is 10.2. The van der Waals surface area contributed by atoms with Crippen LogP contribution in [0, 0.1) is 0 Å². The topological polar surface area (TPSA) is 78.9 Å². The van der Waals surface area contributed by atoms with E-state index in [1.54, 1.807) is 0 Å². The van der Waals surface area contributed by atoms with Crippen LogP contribution in [-0.4, -0.2) is 37.2 Å². The van der Waals surface area contributed by atoms with Crippen LogP contribution in [0.1, 0.15) is 361 Å². The second-order valence-corrected chi connectivity index (χ2v) is 23.1. The third-order valence-corrected chi connectivity index (χ3v) is 15.3. The molecule has 6 heteroatoms. The van der Waals surface area contributed by atoms with E-state index in [2.05, 4.69) is 75.5 Å². The molecule has 0 aromatic heterocycles. The molecule has 0 radical (unpaired) electrons. The van der Waals surface area contributed by atoms with Crippen molar-refractivity contribution in [2.45, 2.75) is 367 Å². The predicted octanol–water partition coefficient (Wildman–Crippen LogP) is 23.5. The van der Waals surface area contributed by atoms with Crippen molar-refractivity contribution in [1.82, 2.24) is 0 Å². The molecule has 0 heterocycles. The quantitative estimate of drug-likeness (QED) is 0.0261. The summed E-state index contributed by atoms with van der Waals surface area (Å²) in [4.78, 5) is 38.3. The first-order chi connectivity index (χ1) is 38.5. The number of rotatable bonds is 63. The molecule has 0 saturated heterocycles. The maximum absolute atomic E-state index is 12.9. The fraction of sp³-hybridized carbons (Fsp3) is 0.819. The number of hydrogen-bond acceptors (Lipinski definition) is 6. The molecule has 0 aliphatic rings. The van der Waals surface area contributed by atoms with Gasteiger partial charge in [-0.15, -0.1) is 0 Å². The molecule has 0 rings (SSSR count). The van der Waals surface area contributed by atoms with Crippen LogP contribution in [0.15, 0.2) is 60.8 Å². The van der Waals surface area contributed by atoms with Crippen molar-refractivity contribution < 1.29 is 28.6 Å². The molecule has 454 valence electrons. The molecule has 0 amide bonds. The van der Waals surface area contributed by atoms with E-state index < -0.39 is 6.10 Å². The summed E-state index contributed by atoms with van der Waals surface area (Å²) < 4.78 is 16.9. The van der Waals surface area contributed by atoms with Crippen LogP contribution in [0.25, 0.3) is 0 Å². The lowest BCUT2D eigenvalue weighted by Crippen LogP contribution is -2.30.